The van der Waals surface area contributed by atoms with Crippen LogP contribution in [-0.4, -0.2) is 11.1 Å². The summed E-state index contributed by atoms with van der Waals surface area (Å²) in [5.74, 6) is -0.0588. The van der Waals surface area contributed by atoms with Crippen molar-refractivity contribution in [3.8, 4) is 0 Å². The fourth-order valence-corrected chi connectivity index (χ4v) is 2.46. The van der Waals surface area contributed by atoms with Gasteiger partial charge in [-0.1, -0.05) is 46.2 Å². The molecule has 1 N–H and O–H groups in total. The summed E-state index contributed by atoms with van der Waals surface area (Å²) >= 11 is 3.51. The molecular formula is C14H15BrN2O2. The van der Waals surface area contributed by atoms with Crippen molar-refractivity contribution in [2.24, 2.45) is 0 Å². The van der Waals surface area contributed by atoms with E-state index in [0.717, 1.165) is 16.5 Å². The molecule has 19 heavy (non-hydrogen) atoms. The van der Waals surface area contributed by atoms with E-state index in [-0.39, 0.29) is 18.4 Å². The van der Waals surface area contributed by atoms with Crippen LogP contribution < -0.4 is 5.32 Å². The minimum atomic E-state index is -0.0588. The van der Waals surface area contributed by atoms with Crippen LogP contribution in [0.15, 0.2) is 45.6 Å². The lowest BCUT2D eigenvalue weighted by molar-refractivity contribution is -0.121. The fourth-order valence-electron chi connectivity index (χ4n) is 1.90. The van der Waals surface area contributed by atoms with Crippen molar-refractivity contribution in [2.45, 2.75) is 25.8 Å². The van der Waals surface area contributed by atoms with E-state index in [1.54, 1.807) is 6.07 Å². The predicted octanol–water partition coefficient (Wildman–Crippen LogP) is 3.25. The van der Waals surface area contributed by atoms with Gasteiger partial charge in [-0.05, 0) is 18.1 Å². The lowest BCUT2D eigenvalue weighted by atomic mass is 10.0. The third-order valence-corrected chi connectivity index (χ3v) is 3.58. The van der Waals surface area contributed by atoms with Crippen molar-refractivity contribution < 1.29 is 9.32 Å². The molecule has 0 spiro atoms. The zero-order valence-electron chi connectivity index (χ0n) is 10.6. The molecule has 1 amide bonds. The molecule has 4 nitrogen and oxygen atoms in total. The number of amides is 1. The molecule has 0 radical (unpaired) electrons. The number of carbonyl (C=O) groups excluding carboxylic acids is 1. The number of halogens is 1. The van der Waals surface area contributed by atoms with Gasteiger partial charge in [0.05, 0.1) is 18.2 Å². The van der Waals surface area contributed by atoms with Crippen molar-refractivity contribution in [1.29, 1.82) is 0 Å². The molecule has 2 aromatic rings. The van der Waals surface area contributed by atoms with E-state index in [1.807, 2.05) is 31.2 Å². The summed E-state index contributed by atoms with van der Waals surface area (Å²) in [6, 6.07) is 9.59. The topological polar surface area (TPSA) is 55.1 Å². The van der Waals surface area contributed by atoms with Crippen LogP contribution in [0.3, 0.4) is 0 Å². The van der Waals surface area contributed by atoms with E-state index in [2.05, 4.69) is 26.4 Å². The third kappa shape index (κ3) is 3.67. The molecule has 0 saturated carbocycles. The first-order chi connectivity index (χ1) is 9.20. The van der Waals surface area contributed by atoms with Crippen LogP contribution in [0, 0.1) is 0 Å². The van der Waals surface area contributed by atoms with Crippen LogP contribution in [0.5, 0.6) is 0 Å². The van der Waals surface area contributed by atoms with E-state index >= 15 is 0 Å². The Hall–Kier alpha value is -1.62. The van der Waals surface area contributed by atoms with Crippen molar-refractivity contribution in [1.82, 2.24) is 10.5 Å². The Morgan fingerprint density at radius 2 is 2.21 bits per heavy atom. The van der Waals surface area contributed by atoms with Gasteiger partial charge in [0.15, 0.2) is 0 Å². The average Bonchev–Trinajstić information content (AvgIpc) is 2.89. The highest BCUT2D eigenvalue weighted by Crippen LogP contribution is 2.25. The summed E-state index contributed by atoms with van der Waals surface area (Å²) in [6.45, 7) is 2.04. The van der Waals surface area contributed by atoms with E-state index in [9.17, 15) is 4.79 Å². The number of nitrogens with one attached hydrogen (secondary N) is 1. The van der Waals surface area contributed by atoms with E-state index in [4.69, 9.17) is 4.52 Å². The smallest absolute Gasteiger partial charge is 0.226 e. The Labute approximate surface area is 120 Å². The minimum Gasteiger partial charge on any atom is -0.364 e. The first-order valence-corrected chi connectivity index (χ1v) is 6.93. The predicted molar refractivity (Wildman–Crippen MR) is 75.5 cm³/mol. The summed E-state index contributed by atoms with van der Waals surface area (Å²) in [5, 5.41) is 6.75. The van der Waals surface area contributed by atoms with Gasteiger partial charge < -0.3 is 9.84 Å². The molecule has 0 bridgehead atoms. The molecule has 0 fully saturated rings. The van der Waals surface area contributed by atoms with Gasteiger partial charge in [-0.15, -0.1) is 0 Å². The Kier molecular flexibility index (Phi) is 4.74. The van der Waals surface area contributed by atoms with Crippen LogP contribution in [0.25, 0.3) is 0 Å². The van der Waals surface area contributed by atoms with Crippen molar-refractivity contribution in [2.75, 3.05) is 0 Å². The summed E-state index contributed by atoms with van der Waals surface area (Å²) in [6.07, 6.45) is 2.53. The monoisotopic (exact) mass is 322 g/mol. The van der Waals surface area contributed by atoms with Gasteiger partial charge in [-0.3, -0.25) is 4.79 Å². The van der Waals surface area contributed by atoms with Gasteiger partial charge >= 0.3 is 0 Å². The maximum absolute atomic E-state index is 12.0. The zero-order valence-corrected chi connectivity index (χ0v) is 12.2. The maximum Gasteiger partial charge on any atom is 0.226 e. The maximum atomic E-state index is 12.0. The van der Waals surface area contributed by atoms with Crippen LogP contribution in [0.4, 0.5) is 0 Å². The number of rotatable bonds is 5. The molecule has 0 saturated heterocycles. The van der Waals surface area contributed by atoms with Crippen LogP contribution >= 0.6 is 15.9 Å². The molecule has 0 aliphatic carbocycles. The van der Waals surface area contributed by atoms with E-state index in [1.165, 1.54) is 6.26 Å². The molecule has 5 heteroatoms. The van der Waals surface area contributed by atoms with Crippen LogP contribution in [0.1, 0.15) is 30.6 Å². The van der Waals surface area contributed by atoms with Gasteiger partial charge in [-0.25, -0.2) is 0 Å². The van der Waals surface area contributed by atoms with Gasteiger partial charge in [0, 0.05) is 10.5 Å². The highest BCUT2D eigenvalue weighted by Gasteiger charge is 2.15. The molecule has 0 aliphatic rings. The SMILES string of the molecule is CC[C@H](NC(=O)Cc1ccon1)c1ccccc1Br. The number of carbonyl (C=O) groups is 1. The van der Waals surface area contributed by atoms with Gasteiger partial charge in [0.2, 0.25) is 5.91 Å². The van der Waals surface area contributed by atoms with Crippen molar-refractivity contribution in [3.05, 3.63) is 52.3 Å². The second-order valence-corrected chi connectivity index (χ2v) is 5.07. The highest BCUT2D eigenvalue weighted by molar-refractivity contribution is 9.10. The number of hydrogen-bond donors (Lipinski definition) is 1. The molecule has 0 unspecified atom stereocenters. The first-order valence-electron chi connectivity index (χ1n) is 6.13. The normalized spacial score (nSPS) is 12.1. The molecule has 0 aliphatic heterocycles. The second-order valence-electron chi connectivity index (χ2n) is 4.22. The Morgan fingerprint density at radius 3 is 2.84 bits per heavy atom. The molecule has 2 rings (SSSR count). The van der Waals surface area contributed by atoms with Gasteiger partial charge in [0.1, 0.15) is 6.26 Å². The minimum absolute atomic E-state index is 0.00465. The third-order valence-electron chi connectivity index (χ3n) is 2.86. The van der Waals surface area contributed by atoms with Gasteiger partial charge in [0.25, 0.3) is 0 Å². The summed E-state index contributed by atoms with van der Waals surface area (Å²) < 4.78 is 5.72. The largest absolute Gasteiger partial charge is 0.364 e. The fraction of sp³-hybridized carbons (Fsp3) is 0.286. The van der Waals surface area contributed by atoms with Crippen LogP contribution in [0.2, 0.25) is 0 Å². The summed E-state index contributed by atoms with van der Waals surface area (Å²) in [4.78, 5) is 12.0. The lowest BCUT2D eigenvalue weighted by Crippen LogP contribution is -2.29. The molecule has 1 atom stereocenters. The van der Waals surface area contributed by atoms with E-state index in [0.29, 0.717) is 5.69 Å². The van der Waals surface area contributed by atoms with Gasteiger partial charge in [-0.2, -0.15) is 0 Å². The Balaban J connectivity index is 2.03. The molecular weight excluding hydrogens is 308 g/mol. The first kappa shape index (κ1) is 13.8. The Morgan fingerprint density at radius 1 is 1.42 bits per heavy atom. The number of benzene rings is 1. The Bertz CT molecular complexity index is 540. The second kappa shape index (κ2) is 6.52. The molecule has 100 valence electrons. The van der Waals surface area contributed by atoms with Crippen molar-refractivity contribution in [3.63, 3.8) is 0 Å². The van der Waals surface area contributed by atoms with E-state index < -0.39 is 0 Å². The quantitative estimate of drug-likeness (QED) is 0.919. The number of hydrogen-bond acceptors (Lipinski definition) is 3. The average molecular weight is 323 g/mol. The molecule has 1 aromatic heterocycles. The molecule has 1 aromatic carbocycles. The highest BCUT2D eigenvalue weighted by atomic mass is 79.9. The molecule has 1 heterocycles. The lowest BCUT2D eigenvalue weighted by Gasteiger charge is -2.18. The summed E-state index contributed by atoms with van der Waals surface area (Å²) in [5.41, 5.74) is 1.72. The zero-order chi connectivity index (χ0) is 13.7. The number of aromatic nitrogens is 1. The van der Waals surface area contributed by atoms with Crippen molar-refractivity contribution >= 4 is 21.8 Å². The number of nitrogens with zero attached hydrogens (tertiary/aromatic N) is 1. The standard InChI is InChI=1S/C14H15BrN2O2/c1-2-13(11-5-3-4-6-12(11)15)16-14(18)9-10-7-8-19-17-10/h3-8,13H,2,9H2,1H3,(H,16,18)/t13-/m0/s1. The summed E-state index contributed by atoms with van der Waals surface area (Å²) in [7, 11) is 0. The van der Waals surface area contributed by atoms with Crippen LogP contribution in [-0.2, 0) is 11.2 Å².